The summed E-state index contributed by atoms with van der Waals surface area (Å²) < 4.78 is 0. The molecule has 0 unspecified atom stereocenters. The van der Waals surface area contributed by atoms with Crippen LogP contribution in [-0.2, 0) is 9.59 Å². The molecule has 31 heavy (non-hydrogen) atoms. The highest BCUT2D eigenvalue weighted by Gasteiger charge is 2.55. The van der Waals surface area contributed by atoms with E-state index in [1.54, 1.807) is 29.2 Å². The van der Waals surface area contributed by atoms with Crippen LogP contribution >= 0.6 is 0 Å². The quantitative estimate of drug-likeness (QED) is 0.556. The third-order valence-corrected chi connectivity index (χ3v) is 6.29. The minimum atomic E-state index is -1.07. The van der Waals surface area contributed by atoms with Gasteiger partial charge in [-0.15, -0.1) is 0 Å². The number of Topliss-reactive ketones (excluding diaryl/α,β-unsaturated/α-hetero) is 1. The van der Waals surface area contributed by atoms with Gasteiger partial charge < -0.3 is 5.32 Å². The molecular formula is C26H28N2O3. The van der Waals surface area contributed by atoms with Gasteiger partial charge in [-0.05, 0) is 55.7 Å². The highest BCUT2D eigenvalue weighted by atomic mass is 16.2. The van der Waals surface area contributed by atoms with E-state index >= 15 is 0 Å². The number of benzene rings is 2. The van der Waals surface area contributed by atoms with Crippen molar-refractivity contribution in [3.8, 4) is 0 Å². The van der Waals surface area contributed by atoms with Gasteiger partial charge in [-0.2, -0.15) is 0 Å². The predicted molar refractivity (Wildman–Crippen MR) is 122 cm³/mol. The average Bonchev–Trinajstić information content (AvgIpc) is 2.78. The molecule has 4 rings (SSSR count). The summed E-state index contributed by atoms with van der Waals surface area (Å²) in [6.45, 7) is 1.51. The Kier molecular flexibility index (Phi) is 6.03. The average molecular weight is 417 g/mol. The van der Waals surface area contributed by atoms with Gasteiger partial charge in [0.05, 0.1) is 6.42 Å². The number of hydrogen-bond acceptors (Lipinski definition) is 3. The van der Waals surface area contributed by atoms with Gasteiger partial charge in [0.15, 0.2) is 11.3 Å². The zero-order chi connectivity index (χ0) is 21.8. The Morgan fingerprint density at radius 3 is 2.29 bits per heavy atom. The molecule has 0 aromatic heterocycles. The third kappa shape index (κ3) is 4.31. The van der Waals surface area contributed by atoms with Gasteiger partial charge in [-0.25, -0.2) is 0 Å². The lowest BCUT2D eigenvalue weighted by molar-refractivity contribution is -0.137. The first-order chi connectivity index (χ1) is 15.0. The third-order valence-electron chi connectivity index (χ3n) is 6.29. The molecular weight excluding hydrogens is 388 g/mol. The molecule has 1 saturated heterocycles. The molecule has 0 spiro atoms. The van der Waals surface area contributed by atoms with Gasteiger partial charge in [0, 0.05) is 17.3 Å². The van der Waals surface area contributed by atoms with Crippen molar-refractivity contribution < 1.29 is 14.4 Å². The number of anilines is 1. The van der Waals surface area contributed by atoms with Crippen molar-refractivity contribution in [1.29, 1.82) is 0 Å². The number of nitrogens with one attached hydrogen (secondary N) is 1. The van der Waals surface area contributed by atoms with Crippen LogP contribution in [0.2, 0.25) is 0 Å². The fourth-order valence-electron chi connectivity index (χ4n) is 4.49. The Morgan fingerprint density at radius 2 is 1.68 bits per heavy atom. The number of carbonyl (C=O) groups is 3. The fourth-order valence-corrected chi connectivity index (χ4v) is 4.49. The second-order valence-electron chi connectivity index (χ2n) is 8.49. The predicted octanol–water partition coefficient (Wildman–Crippen LogP) is 4.53. The SMILES string of the molecule is CC(=O)c1ccc(N2C(=O)C[C@@]2(/C=C/c2ccccc2)C(=O)NC2CCCCC2)cc1. The number of hydrogen-bond donors (Lipinski definition) is 1. The summed E-state index contributed by atoms with van der Waals surface area (Å²) in [5.74, 6) is -0.277. The minimum absolute atomic E-state index is 0.0354. The van der Waals surface area contributed by atoms with Crippen LogP contribution in [0.5, 0.6) is 0 Å². The molecule has 5 heteroatoms. The summed E-state index contributed by atoms with van der Waals surface area (Å²) in [6.07, 6.45) is 9.28. The lowest BCUT2D eigenvalue weighted by Crippen LogP contribution is -2.70. The monoisotopic (exact) mass is 416 g/mol. The molecule has 1 heterocycles. The first-order valence-electron chi connectivity index (χ1n) is 11.0. The number of amides is 2. The number of carbonyl (C=O) groups excluding carboxylic acids is 3. The fraction of sp³-hybridized carbons (Fsp3) is 0.346. The molecule has 2 aromatic carbocycles. The molecule has 2 fully saturated rings. The molecule has 1 atom stereocenters. The van der Waals surface area contributed by atoms with Crippen molar-refractivity contribution >= 4 is 29.4 Å². The van der Waals surface area contributed by atoms with E-state index < -0.39 is 5.54 Å². The van der Waals surface area contributed by atoms with Gasteiger partial charge >= 0.3 is 0 Å². The first kappa shape index (κ1) is 21.0. The van der Waals surface area contributed by atoms with Gasteiger partial charge in [0.2, 0.25) is 5.91 Å². The van der Waals surface area contributed by atoms with Gasteiger partial charge in [0.1, 0.15) is 0 Å². The van der Waals surface area contributed by atoms with Gasteiger partial charge in [0.25, 0.3) is 5.91 Å². The molecule has 2 aliphatic rings. The molecule has 0 bridgehead atoms. The molecule has 2 aromatic rings. The molecule has 1 aliphatic heterocycles. The van der Waals surface area contributed by atoms with Crippen molar-refractivity contribution in [1.82, 2.24) is 5.32 Å². The molecule has 0 radical (unpaired) electrons. The smallest absolute Gasteiger partial charge is 0.251 e. The van der Waals surface area contributed by atoms with Crippen molar-refractivity contribution in [3.05, 3.63) is 71.8 Å². The van der Waals surface area contributed by atoms with E-state index in [-0.39, 0.29) is 30.1 Å². The molecule has 160 valence electrons. The normalized spacial score (nSPS) is 21.7. The van der Waals surface area contributed by atoms with Crippen LogP contribution in [0, 0.1) is 0 Å². The zero-order valence-corrected chi connectivity index (χ0v) is 17.8. The zero-order valence-electron chi connectivity index (χ0n) is 17.8. The Morgan fingerprint density at radius 1 is 1.00 bits per heavy atom. The number of nitrogens with zero attached hydrogens (tertiary/aromatic N) is 1. The lowest BCUT2D eigenvalue weighted by atomic mass is 9.80. The topological polar surface area (TPSA) is 66.5 Å². The Bertz CT molecular complexity index is 991. The summed E-state index contributed by atoms with van der Waals surface area (Å²) in [7, 11) is 0. The van der Waals surface area contributed by atoms with Crippen LogP contribution in [0.3, 0.4) is 0 Å². The number of β-lactam (4-membered cyclic amide) rings is 1. The van der Waals surface area contributed by atoms with Crippen molar-refractivity contribution in [2.24, 2.45) is 0 Å². The highest BCUT2D eigenvalue weighted by Crippen LogP contribution is 2.39. The first-order valence-corrected chi connectivity index (χ1v) is 11.0. The maximum atomic E-state index is 13.5. The van der Waals surface area contributed by atoms with Crippen molar-refractivity contribution in [2.45, 2.75) is 57.0 Å². The Hall–Kier alpha value is -3.21. The van der Waals surface area contributed by atoms with E-state index in [9.17, 15) is 14.4 Å². The standard InChI is InChI=1S/C26H28N2O3/c1-19(29)21-12-14-23(15-13-21)28-24(30)18-26(28,17-16-20-8-4-2-5-9-20)25(31)27-22-10-6-3-7-11-22/h2,4-5,8-9,12-17,22H,3,6-7,10-11,18H2,1H3,(H,27,31)/b17-16+/t26-/m0/s1. The highest BCUT2D eigenvalue weighted by molar-refractivity contribution is 6.15. The van der Waals surface area contributed by atoms with Gasteiger partial charge in [-0.3, -0.25) is 19.3 Å². The van der Waals surface area contributed by atoms with Crippen LogP contribution in [0.15, 0.2) is 60.7 Å². The molecule has 1 saturated carbocycles. The maximum Gasteiger partial charge on any atom is 0.251 e. The van der Waals surface area contributed by atoms with E-state index in [1.165, 1.54) is 13.3 Å². The summed E-state index contributed by atoms with van der Waals surface area (Å²) in [6, 6.07) is 16.8. The number of ketones is 1. The molecule has 2 amide bonds. The second kappa shape index (κ2) is 8.88. The van der Waals surface area contributed by atoms with E-state index in [1.807, 2.05) is 42.5 Å². The van der Waals surface area contributed by atoms with Crippen LogP contribution in [-0.4, -0.2) is 29.2 Å². The largest absolute Gasteiger partial charge is 0.351 e. The summed E-state index contributed by atoms with van der Waals surface area (Å²) in [5, 5.41) is 3.21. The van der Waals surface area contributed by atoms with Crippen molar-refractivity contribution in [3.63, 3.8) is 0 Å². The van der Waals surface area contributed by atoms with Crippen molar-refractivity contribution in [2.75, 3.05) is 4.90 Å². The number of rotatable bonds is 6. The second-order valence-corrected chi connectivity index (χ2v) is 8.49. The van der Waals surface area contributed by atoms with E-state index in [2.05, 4.69) is 5.32 Å². The Balaban J connectivity index is 1.66. The van der Waals surface area contributed by atoms with Crippen LogP contribution < -0.4 is 10.2 Å². The summed E-state index contributed by atoms with van der Waals surface area (Å²) in [4.78, 5) is 39.4. The van der Waals surface area contributed by atoms with Crippen LogP contribution in [0.25, 0.3) is 6.08 Å². The lowest BCUT2D eigenvalue weighted by Gasteiger charge is -2.49. The maximum absolute atomic E-state index is 13.5. The van der Waals surface area contributed by atoms with E-state index in [0.717, 1.165) is 31.2 Å². The van der Waals surface area contributed by atoms with Gasteiger partial charge in [-0.1, -0.05) is 55.7 Å². The summed E-state index contributed by atoms with van der Waals surface area (Å²) >= 11 is 0. The van der Waals surface area contributed by atoms with Crippen LogP contribution in [0.4, 0.5) is 5.69 Å². The summed E-state index contributed by atoms with van der Waals surface area (Å²) in [5.41, 5.74) is 1.10. The van der Waals surface area contributed by atoms with Crippen LogP contribution in [0.1, 0.15) is 61.4 Å². The van der Waals surface area contributed by atoms with E-state index in [4.69, 9.17) is 0 Å². The Labute approximate surface area is 183 Å². The molecule has 5 nitrogen and oxygen atoms in total. The molecule has 1 aliphatic carbocycles. The van der Waals surface area contributed by atoms with E-state index in [0.29, 0.717) is 11.3 Å². The molecule has 1 N–H and O–H groups in total. The minimum Gasteiger partial charge on any atom is -0.351 e.